The Morgan fingerprint density at radius 1 is 1.68 bits per heavy atom. The topological polar surface area (TPSA) is 75.5 Å². The second-order valence-corrected chi connectivity index (χ2v) is 4.25. The zero-order valence-electron chi connectivity index (χ0n) is 10.9. The van der Waals surface area contributed by atoms with Gasteiger partial charge < -0.3 is 14.4 Å². The van der Waals surface area contributed by atoms with Crippen LogP contribution in [0.3, 0.4) is 0 Å². The van der Waals surface area contributed by atoms with Crippen molar-refractivity contribution >= 4 is 11.8 Å². The molecule has 19 heavy (non-hydrogen) atoms. The van der Waals surface area contributed by atoms with Crippen LogP contribution >= 0.6 is 0 Å². The number of morpholine rings is 1. The fourth-order valence-corrected chi connectivity index (χ4v) is 2.09. The first kappa shape index (κ1) is 13.3. The molecule has 6 heteroatoms. The van der Waals surface area contributed by atoms with Crippen molar-refractivity contribution in [3.05, 3.63) is 23.4 Å². The van der Waals surface area contributed by atoms with Crippen LogP contribution in [0, 0.1) is 18.3 Å². The molecule has 0 amide bonds. The fourth-order valence-electron chi connectivity index (χ4n) is 2.09. The van der Waals surface area contributed by atoms with E-state index in [1.807, 2.05) is 6.92 Å². The summed E-state index contributed by atoms with van der Waals surface area (Å²) in [5.41, 5.74) is 1.32. The van der Waals surface area contributed by atoms with Crippen molar-refractivity contribution in [2.45, 2.75) is 13.0 Å². The van der Waals surface area contributed by atoms with Crippen LogP contribution in [0.2, 0.25) is 0 Å². The normalized spacial score (nSPS) is 18.8. The standard InChI is InChI=1S/C13H15N3O3/c1-9-3-4-15-12(10(9)7-14)16-5-6-19-8-11(16)13(17)18-2/h3-4,11H,5-6,8H2,1-2H3. The lowest BCUT2D eigenvalue weighted by Gasteiger charge is -2.35. The van der Waals surface area contributed by atoms with Gasteiger partial charge >= 0.3 is 5.97 Å². The van der Waals surface area contributed by atoms with Crippen molar-refractivity contribution in [1.82, 2.24) is 4.98 Å². The molecule has 0 N–H and O–H groups in total. The number of nitrogens with zero attached hydrogens (tertiary/aromatic N) is 3. The summed E-state index contributed by atoms with van der Waals surface area (Å²) in [5, 5.41) is 9.25. The Balaban J connectivity index is 2.41. The molecule has 1 atom stereocenters. The molecule has 1 aliphatic rings. The van der Waals surface area contributed by atoms with E-state index in [9.17, 15) is 10.1 Å². The molecular formula is C13H15N3O3. The average Bonchev–Trinajstić information content (AvgIpc) is 2.46. The Kier molecular flexibility index (Phi) is 3.97. The molecule has 0 bridgehead atoms. The van der Waals surface area contributed by atoms with Gasteiger partial charge in [0.15, 0.2) is 6.04 Å². The van der Waals surface area contributed by atoms with E-state index in [-0.39, 0.29) is 12.6 Å². The second kappa shape index (κ2) is 5.67. The number of pyridine rings is 1. The van der Waals surface area contributed by atoms with Crippen LogP contribution in [-0.2, 0) is 14.3 Å². The second-order valence-electron chi connectivity index (χ2n) is 4.25. The SMILES string of the molecule is COC(=O)C1COCCN1c1nccc(C)c1C#N. The molecule has 1 fully saturated rings. The number of methoxy groups -OCH3 is 1. The summed E-state index contributed by atoms with van der Waals surface area (Å²) in [5.74, 6) is 0.132. The first-order valence-corrected chi connectivity index (χ1v) is 5.97. The van der Waals surface area contributed by atoms with Gasteiger partial charge in [-0.1, -0.05) is 0 Å². The minimum Gasteiger partial charge on any atom is -0.467 e. The molecule has 1 unspecified atom stereocenters. The Bertz CT molecular complexity index is 524. The highest BCUT2D eigenvalue weighted by Crippen LogP contribution is 2.24. The molecule has 0 radical (unpaired) electrons. The zero-order valence-corrected chi connectivity index (χ0v) is 10.9. The number of nitriles is 1. The quantitative estimate of drug-likeness (QED) is 0.727. The third-order valence-electron chi connectivity index (χ3n) is 3.12. The molecule has 1 saturated heterocycles. The predicted molar refractivity (Wildman–Crippen MR) is 67.7 cm³/mol. The third-order valence-corrected chi connectivity index (χ3v) is 3.12. The van der Waals surface area contributed by atoms with Crippen LogP contribution in [-0.4, -0.2) is 43.9 Å². The summed E-state index contributed by atoms with van der Waals surface area (Å²) in [6.45, 7) is 3.09. The number of rotatable bonds is 2. The fraction of sp³-hybridized carbons (Fsp3) is 0.462. The van der Waals surface area contributed by atoms with Crippen molar-refractivity contribution in [1.29, 1.82) is 5.26 Å². The first-order chi connectivity index (χ1) is 9.19. The number of anilines is 1. The van der Waals surface area contributed by atoms with Gasteiger partial charge in [-0.05, 0) is 18.6 Å². The lowest BCUT2D eigenvalue weighted by Crippen LogP contribution is -2.51. The van der Waals surface area contributed by atoms with Crippen molar-refractivity contribution < 1.29 is 14.3 Å². The zero-order chi connectivity index (χ0) is 13.8. The lowest BCUT2D eigenvalue weighted by molar-refractivity contribution is -0.144. The predicted octanol–water partition coefficient (Wildman–Crippen LogP) is 0.640. The Morgan fingerprint density at radius 3 is 3.16 bits per heavy atom. The summed E-state index contributed by atoms with van der Waals surface area (Å²) in [4.78, 5) is 17.8. The number of aromatic nitrogens is 1. The number of carbonyl (C=O) groups is 1. The van der Waals surface area contributed by atoms with Crippen molar-refractivity contribution in [3.63, 3.8) is 0 Å². The Hall–Kier alpha value is -2.13. The van der Waals surface area contributed by atoms with E-state index in [2.05, 4.69) is 11.1 Å². The number of aryl methyl sites for hydroxylation is 1. The first-order valence-electron chi connectivity index (χ1n) is 5.97. The summed E-state index contributed by atoms with van der Waals surface area (Å²) < 4.78 is 10.1. The molecule has 2 rings (SSSR count). The average molecular weight is 261 g/mol. The molecule has 1 aliphatic heterocycles. The number of ether oxygens (including phenoxy) is 2. The van der Waals surface area contributed by atoms with Gasteiger partial charge in [-0.3, -0.25) is 0 Å². The van der Waals surface area contributed by atoms with Crippen LogP contribution in [0.1, 0.15) is 11.1 Å². The van der Waals surface area contributed by atoms with Crippen molar-refractivity contribution in [2.24, 2.45) is 0 Å². The van der Waals surface area contributed by atoms with Gasteiger partial charge in [0.05, 0.1) is 25.9 Å². The summed E-state index contributed by atoms with van der Waals surface area (Å²) >= 11 is 0. The minimum absolute atomic E-state index is 0.243. The number of hydrogen-bond acceptors (Lipinski definition) is 6. The van der Waals surface area contributed by atoms with E-state index in [1.165, 1.54) is 7.11 Å². The summed E-state index contributed by atoms with van der Waals surface area (Å²) in [7, 11) is 1.34. The Morgan fingerprint density at radius 2 is 2.47 bits per heavy atom. The van der Waals surface area contributed by atoms with Gasteiger partial charge in [0, 0.05) is 12.7 Å². The van der Waals surface area contributed by atoms with E-state index in [0.717, 1.165) is 5.56 Å². The maximum absolute atomic E-state index is 11.8. The molecule has 1 aromatic heterocycles. The molecule has 6 nitrogen and oxygen atoms in total. The summed E-state index contributed by atoms with van der Waals surface area (Å²) in [6, 6.07) is 3.36. The monoisotopic (exact) mass is 261 g/mol. The molecular weight excluding hydrogens is 246 g/mol. The van der Waals surface area contributed by atoms with E-state index < -0.39 is 6.04 Å². The summed E-state index contributed by atoms with van der Waals surface area (Å²) in [6.07, 6.45) is 1.63. The van der Waals surface area contributed by atoms with E-state index in [1.54, 1.807) is 17.2 Å². The maximum atomic E-state index is 11.8. The molecule has 2 heterocycles. The number of esters is 1. The molecule has 0 aliphatic carbocycles. The van der Waals surface area contributed by atoms with E-state index in [0.29, 0.717) is 24.5 Å². The van der Waals surface area contributed by atoms with Crippen LogP contribution in [0.5, 0.6) is 0 Å². The van der Waals surface area contributed by atoms with Crippen LogP contribution in [0.4, 0.5) is 5.82 Å². The smallest absolute Gasteiger partial charge is 0.330 e. The lowest BCUT2D eigenvalue weighted by atomic mass is 10.1. The molecule has 0 spiro atoms. The van der Waals surface area contributed by atoms with Crippen molar-refractivity contribution in [3.8, 4) is 6.07 Å². The van der Waals surface area contributed by atoms with Gasteiger partial charge in [-0.25, -0.2) is 9.78 Å². The highest BCUT2D eigenvalue weighted by molar-refractivity contribution is 5.80. The van der Waals surface area contributed by atoms with Crippen LogP contribution in [0.15, 0.2) is 12.3 Å². The Labute approximate surface area is 111 Å². The molecule has 0 aromatic carbocycles. The van der Waals surface area contributed by atoms with E-state index in [4.69, 9.17) is 9.47 Å². The minimum atomic E-state index is -0.555. The molecule has 0 saturated carbocycles. The molecule has 100 valence electrons. The third kappa shape index (κ3) is 2.51. The largest absolute Gasteiger partial charge is 0.467 e. The highest BCUT2D eigenvalue weighted by Gasteiger charge is 2.32. The van der Waals surface area contributed by atoms with Gasteiger partial charge in [0.25, 0.3) is 0 Å². The molecule has 1 aromatic rings. The van der Waals surface area contributed by atoms with E-state index >= 15 is 0 Å². The van der Waals surface area contributed by atoms with Crippen LogP contribution in [0.25, 0.3) is 0 Å². The van der Waals surface area contributed by atoms with Gasteiger partial charge in [0.2, 0.25) is 0 Å². The number of hydrogen-bond donors (Lipinski definition) is 0. The van der Waals surface area contributed by atoms with Crippen molar-refractivity contribution in [2.75, 3.05) is 31.8 Å². The number of carbonyl (C=O) groups excluding carboxylic acids is 1. The van der Waals surface area contributed by atoms with Crippen LogP contribution < -0.4 is 4.90 Å². The highest BCUT2D eigenvalue weighted by atomic mass is 16.5. The van der Waals surface area contributed by atoms with Gasteiger partial charge in [-0.15, -0.1) is 0 Å². The maximum Gasteiger partial charge on any atom is 0.330 e. The van der Waals surface area contributed by atoms with Gasteiger partial charge in [0.1, 0.15) is 11.9 Å². The van der Waals surface area contributed by atoms with Gasteiger partial charge in [-0.2, -0.15) is 5.26 Å².